The SMILES string of the molecule is Cc1csc(NC(=O)CN2C(=O)/C(=C/c3cccc(Br)c3)SC2=S)n1. The van der Waals surface area contributed by atoms with E-state index in [2.05, 4.69) is 26.2 Å². The summed E-state index contributed by atoms with van der Waals surface area (Å²) in [5.41, 5.74) is 1.72. The van der Waals surface area contributed by atoms with E-state index in [0.717, 1.165) is 15.7 Å². The molecule has 2 heterocycles. The molecule has 0 unspecified atom stereocenters. The molecule has 1 aliphatic heterocycles. The highest BCUT2D eigenvalue weighted by molar-refractivity contribution is 9.10. The molecule has 128 valence electrons. The summed E-state index contributed by atoms with van der Waals surface area (Å²) in [5.74, 6) is -0.588. The van der Waals surface area contributed by atoms with E-state index < -0.39 is 0 Å². The number of benzene rings is 1. The van der Waals surface area contributed by atoms with Crippen molar-refractivity contribution in [1.29, 1.82) is 0 Å². The minimum Gasteiger partial charge on any atom is -0.300 e. The van der Waals surface area contributed by atoms with Crippen LogP contribution in [0.4, 0.5) is 5.13 Å². The Morgan fingerprint density at radius 1 is 1.48 bits per heavy atom. The molecule has 25 heavy (non-hydrogen) atoms. The van der Waals surface area contributed by atoms with Crippen molar-refractivity contribution in [2.75, 3.05) is 11.9 Å². The van der Waals surface area contributed by atoms with Crippen LogP contribution in [0.15, 0.2) is 39.0 Å². The maximum Gasteiger partial charge on any atom is 0.266 e. The molecule has 1 aliphatic rings. The molecular weight excluding hydrogens is 442 g/mol. The first-order valence-corrected chi connectivity index (χ1v) is 10.0. The average Bonchev–Trinajstić information content (AvgIpc) is 3.06. The number of halogens is 1. The Bertz CT molecular complexity index is 894. The van der Waals surface area contributed by atoms with Crippen molar-refractivity contribution in [3.05, 3.63) is 50.3 Å². The summed E-state index contributed by atoms with van der Waals surface area (Å²) in [6.07, 6.45) is 1.77. The summed E-state index contributed by atoms with van der Waals surface area (Å²) in [7, 11) is 0. The van der Waals surface area contributed by atoms with Crippen LogP contribution < -0.4 is 5.32 Å². The Kier molecular flexibility index (Phi) is 5.67. The van der Waals surface area contributed by atoms with Gasteiger partial charge < -0.3 is 5.32 Å². The van der Waals surface area contributed by atoms with Crippen molar-refractivity contribution in [3.63, 3.8) is 0 Å². The lowest BCUT2D eigenvalue weighted by molar-refractivity contribution is -0.126. The topological polar surface area (TPSA) is 62.3 Å². The normalized spacial score (nSPS) is 15.9. The highest BCUT2D eigenvalue weighted by Gasteiger charge is 2.33. The van der Waals surface area contributed by atoms with E-state index in [4.69, 9.17) is 12.2 Å². The number of thiazole rings is 1. The lowest BCUT2D eigenvalue weighted by atomic mass is 10.2. The largest absolute Gasteiger partial charge is 0.300 e. The van der Waals surface area contributed by atoms with Gasteiger partial charge in [-0.2, -0.15) is 0 Å². The smallest absolute Gasteiger partial charge is 0.266 e. The summed E-state index contributed by atoms with van der Waals surface area (Å²) < 4.78 is 1.30. The fourth-order valence-electron chi connectivity index (χ4n) is 2.10. The molecule has 0 spiro atoms. The standard InChI is InChI=1S/C16H12BrN3O2S3/c1-9-8-24-15(18-9)19-13(21)7-20-14(22)12(25-16(20)23)6-10-3-2-4-11(17)5-10/h2-6,8H,7H2,1H3,(H,18,19,21)/b12-6-. The molecule has 1 aromatic heterocycles. The van der Waals surface area contributed by atoms with Gasteiger partial charge in [-0.05, 0) is 30.7 Å². The van der Waals surface area contributed by atoms with Crippen molar-refractivity contribution >= 4 is 78.6 Å². The molecule has 0 saturated carbocycles. The van der Waals surface area contributed by atoms with Gasteiger partial charge in [0.05, 0.1) is 10.6 Å². The van der Waals surface area contributed by atoms with Gasteiger partial charge in [0.1, 0.15) is 10.9 Å². The number of carbonyl (C=O) groups excluding carboxylic acids is 2. The maximum atomic E-state index is 12.5. The fraction of sp³-hybridized carbons (Fsp3) is 0.125. The predicted octanol–water partition coefficient (Wildman–Crippen LogP) is 4.05. The number of anilines is 1. The maximum absolute atomic E-state index is 12.5. The van der Waals surface area contributed by atoms with Gasteiger partial charge in [0, 0.05) is 9.85 Å². The summed E-state index contributed by atoms with van der Waals surface area (Å²) in [6, 6.07) is 7.60. The van der Waals surface area contributed by atoms with Crippen molar-refractivity contribution < 1.29 is 9.59 Å². The number of amides is 2. The number of hydrogen-bond donors (Lipinski definition) is 1. The summed E-state index contributed by atoms with van der Waals surface area (Å²) in [6.45, 7) is 1.72. The van der Waals surface area contributed by atoms with E-state index in [1.807, 2.05) is 36.6 Å². The number of aromatic nitrogens is 1. The molecule has 3 rings (SSSR count). The van der Waals surface area contributed by atoms with Crippen LogP contribution in [-0.4, -0.2) is 32.6 Å². The number of hydrogen-bond acceptors (Lipinski definition) is 6. The monoisotopic (exact) mass is 453 g/mol. The van der Waals surface area contributed by atoms with E-state index >= 15 is 0 Å². The Balaban J connectivity index is 1.69. The fourth-order valence-corrected chi connectivity index (χ4v) is 4.47. The van der Waals surface area contributed by atoms with Gasteiger partial charge in [0.15, 0.2) is 5.13 Å². The van der Waals surface area contributed by atoms with Crippen LogP contribution in [0.25, 0.3) is 6.08 Å². The molecular formula is C16H12BrN3O2S3. The molecule has 2 aromatic rings. The van der Waals surface area contributed by atoms with Crippen LogP contribution in [0.2, 0.25) is 0 Å². The van der Waals surface area contributed by atoms with E-state index in [0.29, 0.717) is 14.4 Å². The molecule has 1 fully saturated rings. The molecule has 0 radical (unpaired) electrons. The summed E-state index contributed by atoms with van der Waals surface area (Å²) in [5, 5.41) is 5.04. The lowest BCUT2D eigenvalue weighted by Gasteiger charge is -2.13. The number of thioether (sulfide) groups is 1. The van der Waals surface area contributed by atoms with Crippen molar-refractivity contribution in [2.45, 2.75) is 6.92 Å². The number of nitrogens with zero attached hydrogens (tertiary/aromatic N) is 2. The molecule has 1 N–H and O–H groups in total. The zero-order valence-electron chi connectivity index (χ0n) is 13.0. The second-order valence-electron chi connectivity index (χ2n) is 5.17. The summed E-state index contributed by atoms with van der Waals surface area (Å²) >= 11 is 11.2. The van der Waals surface area contributed by atoms with Gasteiger partial charge in [-0.15, -0.1) is 11.3 Å². The van der Waals surface area contributed by atoms with E-state index in [1.54, 1.807) is 6.08 Å². The molecule has 1 saturated heterocycles. The predicted molar refractivity (Wildman–Crippen MR) is 110 cm³/mol. The molecule has 0 aliphatic carbocycles. The van der Waals surface area contributed by atoms with Crippen molar-refractivity contribution in [1.82, 2.24) is 9.88 Å². The van der Waals surface area contributed by atoms with E-state index in [-0.39, 0.29) is 18.4 Å². The average molecular weight is 454 g/mol. The van der Waals surface area contributed by atoms with Gasteiger partial charge in [0.25, 0.3) is 5.91 Å². The molecule has 9 heteroatoms. The van der Waals surface area contributed by atoms with Crippen LogP contribution >= 0.6 is 51.2 Å². The van der Waals surface area contributed by atoms with Crippen molar-refractivity contribution in [2.24, 2.45) is 0 Å². The minimum atomic E-state index is -0.325. The highest BCUT2D eigenvalue weighted by Crippen LogP contribution is 2.32. The Morgan fingerprint density at radius 2 is 2.28 bits per heavy atom. The second-order valence-corrected chi connectivity index (χ2v) is 8.61. The van der Waals surface area contributed by atoms with Crippen LogP contribution in [0.3, 0.4) is 0 Å². The number of nitrogens with one attached hydrogen (secondary N) is 1. The van der Waals surface area contributed by atoms with Gasteiger partial charge in [0.2, 0.25) is 5.91 Å². The van der Waals surface area contributed by atoms with Crippen LogP contribution in [0.1, 0.15) is 11.3 Å². The van der Waals surface area contributed by atoms with Crippen LogP contribution in [0, 0.1) is 6.92 Å². The number of thiocarbonyl (C=S) groups is 1. The number of aryl methyl sites for hydroxylation is 1. The Labute approximate surface area is 166 Å². The quantitative estimate of drug-likeness (QED) is 0.558. The third kappa shape index (κ3) is 4.55. The first-order chi connectivity index (χ1) is 11.9. The molecule has 1 aromatic carbocycles. The molecule has 2 amide bonds. The number of rotatable bonds is 4. The van der Waals surface area contributed by atoms with Gasteiger partial charge in [-0.1, -0.05) is 52.0 Å². The van der Waals surface area contributed by atoms with Crippen LogP contribution in [-0.2, 0) is 9.59 Å². The molecule has 5 nitrogen and oxygen atoms in total. The van der Waals surface area contributed by atoms with Crippen molar-refractivity contribution in [3.8, 4) is 0 Å². The first kappa shape index (κ1) is 18.2. The van der Waals surface area contributed by atoms with Gasteiger partial charge in [-0.25, -0.2) is 4.98 Å². The Morgan fingerprint density at radius 3 is 2.96 bits per heavy atom. The molecule has 0 bridgehead atoms. The van der Waals surface area contributed by atoms with Crippen LogP contribution in [0.5, 0.6) is 0 Å². The van der Waals surface area contributed by atoms with E-state index in [1.165, 1.54) is 28.0 Å². The zero-order valence-corrected chi connectivity index (χ0v) is 17.0. The molecule has 0 atom stereocenters. The van der Waals surface area contributed by atoms with Gasteiger partial charge >= 0.3 is 0 Å². The third-order valence-corrected chi connectivity index (χ3v) is 5.93. The lowest BCUT2D eigenvalue weighted by Crippen LogP contribution is -2.36. The zero-order chi connectivity index (χ0) is 18.0. The third-order valence-electron chi connectivity index (χ3n) is 3.19. The Hall–Kier alpha value is -1.55. The van der Waals surface area contributed by atoms with E-state index in [9.17, 15) is 9.59 Å². The highest BCUT2D eigenvalue weighted by atomic mass is 79.9. The number of carbonyl (C=O) groups is 2. The second kappa shape index (κ2) is 7.77. The summed E-state index contributed by atoms with van der Waals surface area (Å²) in [4.78, 5) is 30.7. The first-order valence-electron chi connectivity index (χ1n) is 7.15. The van der Waals surface area contributed by atoms with Gasteiger partial charge in [-0.3, -0.25) is 14.5 Å². The minimum absolute atomic E-state index is 0.126.